The zero-order valence-corrected chi connectivity index (χ0v) is 17.8. The van der Waals surface area contributed by atoms with E-state index in [-0.39, 0.29) is 40.6 Å². The second kappa shape index (κ2) is 8.97. The summed E-state index contributed by atoms with van der Waals surface area (Å²) >= 11 is 1.14. The highest BCUT2D eigenvalue weighted by molar-refractivity contribution is 7.16. The van der Waals surface area contributed by atoms with Crippen molar-refractivity contribution in [2.75, 3.05) is 11.9 Å². The number of aromatic nitrogens is 2. The second-order valence-electron chi connectivity index (χ2n) is 7.42. The van der Waals surface area contributed by atoms with E-state index in [9.17, 15) is 18.8 Å². The first-order chi connectivity index (χ1) is 15.0. The highest BCUT2D eigenvalue weighted by Crippen LogP contribution is 2.32. The van der Waals surface area contributed by atoms with Crippen LogP contribution in [0, 0.1) is 11.7 Å². The van der Waals surface area contributed by atoms with E-state index >= 15 is 0 Å². The Morgan fingerprint density at radius 3 is 2.71 bits per heavy atom. The van der Waals surface area contributed by atoms with Gasteiger partial charge in [-0.25, -0.2) is 9.18 Å². The standard InChI is InChI=1S/C22H22FN3O4S/c1-2-30-22(29)18-14-12-31-20(24-19(27)13-8-4-3-5-9-13)17(14)21(28)26(25-18)16-11-7-6-10-15(16)23/h6-7,10-13H,2-5,8-9H2,1H3,(H,24,27). The lowest BCUT2D eigenvalue weighted by atomic mass is 9.89. The molecule has 1 N–H and O–H groups in total. The molecule has 9 heteroatoms. The maximum absolute atomic E-state index is 14.4. The number of anilines is 1. The van der Waals surface area contributed by atoms with Gasteiger partial charge in [-0.3, -0.25) is 9.59 Å². The molecule has 0 radical (unpaired) electrons. The van der Waals surface area contributed by atoms with Crippen LogP contribution in [-0.2, 0) is 9.53 Å². The van der Waals surface area contributed by atoms with Crippen LogP contribution in [-0.4, -0.2) is 28.3 Å². The minimum Gasteiger partial charge on any atom is -0.461 e. The first kappa shape index (κ1) is 21.2. The quantitative estimate of drug-likeness (QED) is 0.595. The smallest absolute Gasteiger partial charge is 0.359 e. The van der Waals surface area contributed by atoms with E-state index in [4.69, 9.17) is 4.74 Å². The van der Waals surface area contributed by atoms with Gasteiger partial charge in [-0.2, -0.15) is 9.78 Å². The molecule has 162 valence electrons. The zero-order valence-electron chi connectivity index (χ0n) is 17.0. The number of benzene rings is 1. The Hall–Kier alpha value is -3.07. The summed E-state index contributed by atoms with van der Waals surface area (Å²) < 4.78 is 20.4. The van der Waals surface area contributed by atoms with Gasteiger partial charge in [0.15, 0.2) is 5.69 Å². The molecule has 1 aromatic carbocycles. The average Bonchev–Trinajstić information content (AvgIpc) is 3.19. The first-order valence-electron chi connectivity index (χ1n) is 10.3. The number of amides is 1. The average molecular weight is 444 g/mol. The van der Waals surface area contributed by atoms with E-state index in [1.807, 2.05) is 0 Å². The number of nitrogens with one attached hydrogen (secondary N) is 1. The number of nitrogens with zero attached hydrogens (tertiary/aromatic N) is 2. The van der Waals surface area contributed by atoms with Crippen molar-refractivity contribution in [3.8, 4) is 5.69 Å². The van der Waals surface area contributed by atoms with Gasteiger partial charge in [-0.05, 0) is 31.9 Å². The molecular formula is C22H22FN3O4S. The van der Waals surface area contributed by atoms with E-state index in [0.29, 0.717) is 5.00 Å². The lowest BCUT2D eigenvalue weighted by molar-refractivity contribution is -0.120. The minimum atomic E-state index is -0.722. The van der Waals surface area contributed by atoms with Crippen molar-refractivity contribution in [2.24, 2.45) is 5.92 Å². The fourth-order valence-electron chi connectivity index (χ4n) is 3.86. The number of para-hydroxylation sites is 1. The van der Waals surface area contributed by atoms with Crippen molar-refractivity contribution in [3.63, 3.8) is 0 Å². The maximum atomic E-state index is 14.4. The van der Waals surface area contributed by atoms with E-state index in [1.165, 1.54) is 18.2 Å². The van der Waals surface area contributed by atoms with Gasteiger partial charge in [0.05, 0.1) is 12.0 Å². The highest BCUT2D eigenvalue weighted by atomic mass is 32.1. The van der Waals surface area contributed by atoms with E-state index < -0.39 is 17.3 Å². The first-order valence-corrected chi connectivity index (χ1v) is 11.2. The summed E-state index contributed by atoms with van der Waals surface area (Å²) in [5.41, 5.74) is -0.807. The Balaban J connectivity index is 1.86. The normalized spacial score (nSPS) is 14.5. The number of thiophene rings is 1. The Labute approximate surface area is 181 Å². The molecule has 7 nitrogen and oxygen atoms in total. The molecule has 1 aliphatic rings. The molecule has 4 rings (SSSR count). The molecule has 1 amide bonds. The fourth-order valence-corrected chi connectivity index (χ4v) is 4.80. The summed E-state index contributed by atoms with van der Waals surface area (Å²) in [6.45, 7) is 1.78. The van der Waals surface area contributed by atoms with Crippen molar-refractivity contribution in [1.82, 2.24) is 9.78 Å². The van der Waals surface area contributed by atoms with E-state index in [2.05, 4.69) is 10.4 Å². The van der Waals surface area contributed by atoms with Gasteiger partial charge in [-0.1, -0.05) is 31.4 Å². The Morgan fingerprint density at radius 2 is 2.00 bits per heavy atom. The molecule has 0 aliphatic heterocycles. The van der Waals surface area contributed by atoms with Crippen molar-refractivity contribution in [3.05, 3.63) is 51.5 Å². The number of carbonyl (C=O) groups is 2. The van der Waals surface area contributed by atoms with Crippen LogP contribution >= 0.6 is 11.3 Å². The zero-order chi connectivity index (χ0) is 22.0. The van der Waals surface area contributed by atoms with Gasteiger partial charge in [0.25, 0.3) is 5.56 Å². The summed E-state index contributed by atoms with van der Waals surface area (Å²) in [5.74, 6) is -1.63. The molecule has 2 aromatic heterocycles. The van der Waals surface area contributed by atoms with Gasteiger partial charge >= 0.3 is 5.97 Å². The van der Waals surface area contributed by atoms with E-state index in [1.54, 1.807) is 18.4 Å². The number of ether oxygens (including phenoxy) is 1. The highest BCUT2D eigenvalue weighted by Gasteiger charge is 2.26. The monoisotopic (exact) mass is 443 g/mol. The van der Waals surface area contributed by atoms with Gasteiger partial charge in [0.2, 0.25) is 5.91 Å². The summed E-state index contributed by atoms with van der Waals surface area (Å²) in [7, 11) is 0. The lowest BCUT2D eigenvalue weighted by Gasteiger charge is -2.20. The summed E-state index contributed by atoms with van der Waals surface area (Å²) in [6.07, 6.45) is 4.74. The van der Waals surface area contributed by atoms with Crippen LogP contribution in [0.4, 0.5) is 9.39 Å². The number of fused-ring (bicyclic) bond motifs is 1. The summed E-state index contributed by atoms with van der Waals surface area (Å²) in [4.78, 5) is 38.6. The van der Waals surface area contributed by atoms with Crippen LogP contribution in [0.25, 0.3) is 16.5 Å². The molecule has 0 atom stereocenters. The third-order valence-corrected chi connectivity index (χ3v) is 6.31. The minimum absolute atomic E-state index is 0.0873. The Kier molecular flexibility index (Phi) is 6.13. The van der Waals surface area contributed by atoms with Crippen LogP contribution in [0.1, 0.15) is 49.5 Å². The Bertz CT molecular complexity index is 1200. The summed E-state index contributed by atoms with van der Waals surface area (Å²) in [5, 5.41) is 9.30. The molecular weight excluding hydrogens is 421 g/mol. The van der Waals surface area contributed by atoms with Crippen molar-refractivity contribution in [2.45, 2.75) is 39.0 Å². The van der Waals surface area contributed by atoms with Crippen molar-refractivity contribution >= 4 is 39.0 Å². The molecule has 31 heavy (non-hydrogen) atoms. The summed E-state index contributed by atoms with van der Waals surface area (Å²) in [6, 6.07) is 5.67. The molecule has 1 fully saturated rings. The van der Waals surface area contributed by atoms with Crippen LogP contribution in [0.3, 0.4) is 0 Å². The van der Waals surface area contributed by atoms with E-state index in [0.717, 1.165) is 48.1 Å². The number of carbonyl (C=O) groups excluding carboxylic acids is 2. The maximum Gasteiger partial charge on any atom is 0.359 e. The molecule has 0 bridgehead atoms. The topological polar surface area (TPSA) is 90.3 Å². The number of rotatable bonds is 5. The number of hydrogen-bond donors (Lipinski definition) is 1. The van der Waals surface area contributed by atoms with Crippen molar-refractivity contribution in [1.29, 1.82) is 0 Å². The van der Waals surface area contributed by atoms with Crippen LogP contribution in [0.2, 0.25) is 0 Å². The van der Waals surface area contributed by atoms with Gasteiger partial charge in [-0.15, -0.1) is 11.3 Å². The molecule has 1 saturated carbocycles. The van der Waals surface area contributed by atoms with Gasteiger partial charge in [0, 0.05) is 16.7 Å². The van der Waals surface area contributed by atoms with Crippen LogP contribution < -0.4 is 10.9 Å². The number of halogens is 1. The molecule has 0 unspecified atom stereocenters. The molecule has 0 saturated heterocycles. The predicted molar refractivity (Wildman–Crippen MR) is 116 cm³/mol. The molecule has 1 aliphatic carbocycles. The van der Waals surface area contributed by atoms with Gasteiger partial charge < -0.3 is 10.1 Å². The Morgan fingerprint density at radius 1 is 1.26 bits per heavy atom. The largest absolute Gasteiger partial charge is 0.461 e. The number of esters is 1. The van der Waals surface area contributed by atoms with Crippen LogP contribution in [0.5, 0.6) is 0 Å². The third kappa shape index (κ3) is 4.10. The second-order valence-corrected chi connectivity index (χ2v) is 8.29. The fraction of sp³-hybridized carbons (Fsp3) is 0.364. The SMILES string of the molecule is CCOC(=O)c1nn(-c2ccccc2F)c(=O)c2c(NC(=O)C3CCCCC3)scc12. The lowest BCUT2D eigenvalue weighted by Crippen LogP contribution is -2.27. The molecule has 0 spiro atoms. The molecule has 3 aromatic rings. The van der Waals surface area contributed by atoms with Crippen LogP contribution in [0.15, 0.2) is 34.4 Å². The predicted octanol–water partition coefficient (Wildman–Crippen LogP) is 4.28. The molecule has 2 heterocycles. The van der Waals surface area contributed by atoms with Gasteiger partial charge in [0.1, 0.15) is 16.5 Å². The third-order valence-electron chi connectivity index (χ3n) is 5.41. The van der Waals surface area contributed by atoms with Crippen molar-refractivity contribution < 1.29 is 18.7 Å². The number of hydrogen-bond acceptors (Lipinski definition) is 6.